The maximum absolute atomic E-state index is 14.8. The molecule has 7 nitrogen and oxygen atoms in total. The number of carbonyl (C=O) groups is 1. The summed E-state index contributed by atoms with van der Waals surface area (Å²) in [5, 5.41) is 15.8. The summed E-state index contributed by atoms with van der Waals surface area (Å²) in [6.45, 7) is 20.2. The Morgan fingerprint density at radius 2 is 1.59 bits per heavy atom. The Morgan fingerprint density at radius 3 is 2.24 bits per heavy atom. The molecule has 0 radical (unpaired) electrons. The van der Waals surface area contributed by atoms with Crippen molar-refractivity contribution in [2.75, 3.05) is 19.5 Å². The number of allylic oxidation sites excluding steroid dienone is 5. The first kappa shape index (κ1) is 47.2. The first-order valence-corrected chi connectivity index (χ1v) is 26.7. The van der Waals surface area contributed by atoms with Crippen LogP contribution in [0, 0.1) is 62.6 Å². The Balaban J connectivity index is 0.990. The van der Waals surface area contributed by atoms with Crippen molar-refractivity contribution in [1.29, 1.82) is 0 Å². The summed E-state index contributed by atoms with van der Waals surface area (Å²) in [4.78, 5) is 13.4. The highest BCUT2D eigenvalue weighted by Crippen LogP contribution is 2.75. The van der Waals surface area contributed by atoms with Crippen LogP contribution < -0.4 is 5.32 Å². The van der Waals surface area contributed by atoms with Crippen molar-refractivity contribution in [3.63, 3.8) is 0 Å². The van der Waals surface area contributed by atoms with E-state index in [4.69, 9.17) is 8.92 Å². The molecule has 7 aliphatic carbocycles. The van der Waals surface area contributed by atoms with Crippen LogP contribution in [-0.4, -0.2) is 56.7 Å². The van der Waals surface area contributed by atoms with Crippen molar-refractivity contribution in [2.45, 2.75) is 175 Å². The number of nitrogens with one attached hydrogen (secondary N) is 1. The molecule has 5 fully saturated rings. The van der Waals surface area contributed by atoms with Gasteiger partial charge in [0.25, 0.3) is 10.1 Å². The zero-order valence-corrected chi connectivity index (χ0v) is 40.6. The lowest BCUT2D eigenvalue weighted by molar-refractivity contribution is -0.203. The average Bonchev–Trinajstić information content (AvgIpc) is 3.30. The molecule has 1 unspecified atom stereocenters. The van der Waals surface area contributed by atoms with E-state index in [2.05, 4.69) is 65.6 Å². The molecule has 0 heterocycles. The lowest BCUT2D eigenvalue weighted by Gasteiger charge is -2.70. The summed E-state index contributed by atoms with van der Waals surface area (Å²) in [6.07, 6.45) is 21.0. The van der Waals surface area contributed by atoms with E-state index < -0.39 is 33.8 Å². The van der Waals surface area contributed by atoms with Gasteiger partial charge in [-0.2, -0.15) is 8.42 Å². The van der Waals surface area contributed by atoms with Crippen molar-refractivity contribution in [1.82, 2.24) is 5.32 Å². The van der Waals surface area contributed by atoms with Crippen molar-refractivity contribution in [2.24, 2.45) is 62.6 Å². The fourth-order valence-corrected chi connectivity index (χ4v) is 17.0. The molecule has 0 spiro atoms. The number of aliphatic hydroxyl groups is 1. The van der Waals surface area contributed by atoms with Crippen molar-refractivity contribution < 1.29 is 31.6 Å². The lowest BCUT2D eigenvalue weighted by Crippen LogP contribution is -2.64. The summed E-state index contributed by atoms with van der Waals surface area (Å²) in [5.41, 5.74) is 3.62. The second-order valence-electron chi connectivity index (χ2n) is 23.5. The second kappa shape index (κ2) is 17.4. The van der Waals surface area contributed by atoms with E-state index in [1.165, 1.54) is 68.1 Å². The summed E-state index contributed by atoms with van der Waals surface area (Å²) in [6, 6.07) is 10.1. The molecule has 11 atom stereocenters. The number of fused-ring (bicyclic) bond motifs is 8. The van der Waals surface area contributed by atoms with Gasteiger partial charge in [-0.05, 0) is 196 Å². The van der Waals surface area contributed by atoms with Gasteiger partial charge in [-0.15, -0.1) is 0 Å². The predicted octanol–water partition coefficient (Wildman–Crippen LogP) is 11.6. The molecule has 0 saturated heterocycles. The van der Waals surface area contributed by atoms with Gasteiger partial charge in [-0.25, -0.2) is 4.39 Å². The van der Waals surface area contributed by atoms with E-state index in [-0.39, 0.29) is 34.4 Å². The number of carbonyl (C=O) groups excluding carboxylic acids is 1. The minimum absolute atomic E-state index is 0.0362. The normalized spacial score (nSPS) is 42.3. The topological polar surface area (TPSA) is 102 Å². The summed E-state index contributed by atoms with van der Waals surface area (Å²) >= 11 is 0. The molecule has 2 bridgehead atoms. The number of halogens is 1. The Morgan fingerprint density at radius 1 is 0.873 bits per heavy atom. The van der Waals surface area contributed by atoms with Crippen LogP contribution in [-0.2, 0) is 30.4 Å². The monoisotopic (exact) mass is 890 g/mol. The quantitative estimate of drug-likeness (QED) is 0.122. The number of rotatable bonds is 12. The number of benzene rings is 1. The van der Waals surface area contributed by atoms with E-state index >= 15 is 0 Å². The van der Waals surface area contributed by atoms with Crippen molar-refractivity contribution >= 4 is 16.1 Å². The van der Waals surface area contributed by atoms with Gasteiger partial charge in [0, 0.05) is 6.04 Å². The average molecular weight is 890 g/mol. The third kappa shape index (κ3) is 8.51. The largest absolute Gasteiger partial charge is 0.460 e. The van der Waals surface area contributed by atoms with Gasteiger partial charge in [0.15, 0.2) is 0 Å². The zero-order valence-electron chi connectivity index (χ0n) is 39.8. The third-order valence-corrected chi connectivity index (χ3v) is 20.5. The Kier molecular flexibility index (Phi) is 13.0. The van der Waals surface area contributed by atoms with Crippen LogP contribution in [0.15, 0.2) is 65.8 Å². The molecule has 0 amide bonds. The molecule has 1 aromatic rings. The molecular formula is C54H80FNO6S. The minimum Gasteiger partial charge on any atom is -0.460 e. The molecule has 8 rings (SSSR count). The first-order valence-electron chi connectivity index (χ1n) is 24.9. The Labute approximate surface area is 380 Å². The molecule has 1 aromatic carbocycles. The van der Waals surface area contributed by atoms with Crippen molar-refractivity contribution in [3.8, 4) is 0 Å². The predicted molar refractivity (Wildman–Crippen MR) is 250 cm³/mol. The molecule has 63 heavy (non-hydrogen) atoms. The number of alkyl halides is 1. The molecule has 0 aromatic heterocycles. The molecule has 9 heteroatoms. The molecule has 350 valence electrons. The Hall–Kier alpha value is -2.33. The summed E-state index contributed by atoms with van der Waals surface area (Å²) < 4.78 is 49.4. The van der Waals surface area contributed by atoms with Crippen LogP contribution in [0.2, 0.25) is 0 Å². The minimum atomic E-state index is -3.51. The molecule has 7 aliphatic rings. The standard InChI is InChI=1S/C54H80FNO6S/c1-36(2)41-15-14-39-18-26-51(6)43(46(41)47(39)56-33-32-54(58)30-21-40(22-31-54)62-63(8,59)60)16-17-45-50(5)25-23-42(49(3,4)44(50)24-27-52(45,51)7)38-19-28-53(35-55,29-20-38)48(57)61-34-37-12-10-9-11-13-37/h9-13,19,23,39-41,43-47,56,58H,1,14-18,20-22,24-35H2,2-8H3/t39-,40?,41-,43+,44-,45+,46+,47?,50-,51+,52+,53-,54?/m0/s1. The number of ether oxygens (including phenoxy) is 1. The van der Waals surface area contributed by atoms with Crippen molar-refractivity contribution in [3.05, 3.63) is 71.3 Å². The van der Waals surface area contributed by atoms with Gasteiger partial charge in [-0.1, -0.05) is 89.3 Å². The highest BCUT2D eigenvalue weighted by atomic mass is 32.2. The molecule has 0 aliphatic heterocycles. The maximum atomic E-state index is 14.8. The Bertz CT molecular complexity index is 2040. The molecular weight excluding hydrogens is 810 g/mol. The summed E-state index contributed by atoms with van der Waals surface area (Å²) in [5.74, 6) is 2.95. The van der Waals surface area contributed by atoms with Crippen LogP contribution in [0.1, 0.15) is 156 Å². The number of hydrogen-bond acceptors (Lipinski definition) is 7. The van der Waals surface area contributed by atoms with Gasteiger partial charge >= 0.3 is 5.97 Å². The van der Waals surface area contributed by atoms with E-state index in [1.807, 2.05) is 30.3 Å². The van der Waals surface area contributed by atoms with Gasteiger partial charge in [0.05, 0.1) is 23.4 Å². The van der Waals surface area contributed by atoms with Crippen LogP contribution in [0.3, 0.4) is 0 Å². The second-order valence-corrected chi connectivity index (χ2v) is 25.1. The van der Waals surface area contributed by atoms with E-state index in [9.17, 15) is 22.7 Å². The van der Waals surface area contributed by atoms with E-state index in [0.717, 1.165) is 24.8 Å². The lowest BCUT2D eigenvalue weighted by atomic mass is 9.34. The molecule has 2 N–H and O–H groups in total. The highest BCUT2D eigenvalue weighted by Gasteiger charge is 2.68. The number of hydrogen-bond donors (Lipinski definition) is 2. The number of esters is 1. The van der Waals surface area contributed by atoms with Gasteiger partial charge < -0.3 is 15.2 Å². The smallest absolute Gasteiger partial charge is 0.315 e. The van der Waals surface area contributed by atoms with Crippen LogP contribution in [0.25, 0.3) is 0 Å². The van der Waals surface area contributed by atoms with E-state index in [1.54, 1.807) is 0 Å². The van der Waals surface area contributed by atoms with Crippen LogP contribution in [0.4, 0.5) is 4.39 Å². The SMILES string of the molecule is C=C(C)[C@@H]1CC[C@H]2CC[C@]3(C)[C@H](CC[C@@H]4[C@@]5(C)CC=C(C6=CC[C@](CF)(C(=O)OCc7ccccc7)CC6)C(C)(C)[C@@H]5CC[C@]43C)[C@@H]1C2NCCC1(O)CCC(OS(C)(=O)=O)CC1. The van der Waals surface area contributed by atoms with Gasteiger partial charge in [0.1, 0.15) is 13.3 Å². The fraction of sp³-hybridized carbons (Fsp3) is 0.759. The van der Waals surface area contributed by atoms with Crippen LogP contribution >= 0.6 is 0 Å². The van der Waals surface area contributed by atoms with E-state index in [0.29, 0.717) is 92.9 Å². The van der Waals surface area contributed by atoms with Gasteiger partial charge in [-0.3, -0.25) is 8.98 Å². The fourth-order valence-electron chi connectivity index (χ4n) is 16.3. The molecule has 5 saturated carbocycles. The highest BCUT2D eigenvalue weighted by molar-refractivity contribution is 7.86. The third-order valence-electron chi connectivity index (χ3n) is 19.9. The zero-order chi connectivity index (χ0) is 45.2. The maximum Gasteiger partial charge on any atom is 0.315 e. The van der Waals surface area contributed by atoms with Crippen LogP contribution in [0.5, 0.6) is 0 Å². The van der Waals surface area contributed by atoms with Gasteiger partial charge in [0.2, 0.25) is 0 Å². The summed E-state index contributed by atoms with van der Waals surface area (Å²) in [7, 11) is -3.51. The first-order chi connectivity index (χ1) is 29.7.